The van der Waals surface area contributed by atoms with Crippen LogP contribution in [0.5, 0.6) is 0 Å². The Labute approximate surface area is 98.2 Å². The summed E-state index contributed by atoms with van der Waals surface area (Å²) in [7, 11) is 3.83. The molecule has 77 valence electrons. The Morgan fingerprint density at radius 1 is 1.19 bits per heavy atom. The largest absolute Gasteiger partial charge is 0.358 e. The molecule has 1 saturated heterocycles. The molecule has 0 saturated carbocycles. The van der Waals surface area contributed by atoms with Crippen LogP contribution in [0.2, 0.25) is 0 Å². The molecule has 0 aromatic heterocycles. The van der Waals surface area contributed by atoms with E-state index in [1.807, 2.05) is 0 Å². The van der Waals surface area contributed by atoms with Crippen LogP contribution in [0.3, 0.4) is 0 Å². The van der Waals surface area contributed by atoms with Gasteiger partial charge in [0.15, 0.2) is 0 Å². The van der Waals surface area contributed by atoms with Crippen molar-refractivity contribution in [2.45, 2.75) is 24.7 Å². The van der Waals surface area contributed by atoms with Gasteiger partial charge < -0.3 is 4.74 Å². The van der Waals surface area contributed by atoms with Crippen molar-refractivity contribution in [1.29, 1.82) is 0 Å². The highest BCUT2D eigenvalue weighted by Gasteiger charge is 2.69. The topological polar surface area (TPSA) is 12.5 Å². The van der Waals surface area contributed by atoms with Gasteiger partial charge in [-0.1, -0.05) is 30.3 Å². The number of benzene rings is 1. The fraction of sp³-hybridized carbons (Fsp3) is 0.286. The van der Waals surface area contributed by atoms with Crippen LogP contribution < -0.4 is 0 Å². The fourth-order valence-electron chi connectivity index (χ4n) is 2.97. The maximum atomic E-state index is 5.94. The molecule has 16 heavy (non-hydrogen) atoms. The molecular formula is C14H11OSi. The van der Waals surface area contributed by atoms with Crippen LogP contribution in [0.15, 0.2) is 35.9 Å². The van der Waals surface area contributed by atoms with E-state index < -0.39 is 0 Å². The summed E-state index contributed by atoms with van der Waals surface area (Å²) in [4.78, 5) is 0. The standard InChI is InChI=1S/C14H11OSi/c1-8-7-11-9-5-3-4-6-10(9)12(11)14(16)13(8,2)15-14/h3-7H,1-2H3. The van der Waals surface area contributed by atoms with E-state index in [1.54, 1.807) is 0 Å². The van der Waals surface area contributed by atoms with Gasteiger partial charge in [-0.05, 0) is 41.7 Å². The van der Waals surface area contributed by atoms with Gasteiger partial charge in [-0.25, -0.2) is 0 Å². The minimum atomic E-state index is -0.268. The van der Waals surface area contributed by atoms with Gasteiger partial charge in [0.2, 0.25) is 0 Å². The molecule has 3 aliphatic rings. The lowest BCUT2D eigenvalue weighted by Gasteiger charge is -2.34. The summed E-state index contributed by atoms with van der Waals surface area (Å²) in [5.41, 5.74) is 6.52. The van der Waals surface area contributed by atoms with Gasteiger partial charge in [-0.3, -0.25) is 0 Å². The molecule has 4 rings (SSSR count). The molecule has 1 fully saturated rings. The van der Waals surface area contributed by atoms with Gasteiger partial charge in [-0.2, -0.15) is 0 Å². The van der Waals surface area contributed by atoms with Gasteiger partial charge in [0, 0.05) is 0 Å². The van der Waals surface area contributed by atoms with Crippen molar-refractivity contribution in [1.82, 2.24) is 0 Å². The van der Waals surface area contributed by atoms with Crippen molar-refractivity contribution < 1.29 is 4.74 Å². The third-order valence-electron chi connectivity index (χ3n) is 4.21. The summed E-state index contributed by atoms with van der Waals surface area (Å²) in [5.74, 6) is 0. The van der Waals surface area contributed by atoms with Crippen LogP contribution in [-0.4, -0.2) is 21.1 Å². The Hall–Kier alpha value is -1.12. The summed E-state index contributed by atoms with van der Waals surface area (Å²) in [5, 5.41) is -0.268. The Morgan fingerprint density at radius 3 is 2.62 bits per heavy atom. The number of rotatable bonds is 0. The van der Waals surface area contributed by atoms with Crippen LogP contribution in [0.25, 0.3) is 11.1 Å². The quantitative estimate of drug-likeness (QED) is 0.486. The van der Waals surface area contributed by atoms with E-state index in [1.165, 1.54) is 27.8 Å². The summed E-state index contributed by atoms with van der Waals surface area (Å²) >= 11 is 0. The second kappa shape index (κ2) is 2.26. The van der Waals surface area contributed by atoms with E-state index >= 15 is 0 Å². The normalized spacial score (nSPS) is 38.1. The molecule has 3 radical (unpaired) electrons. The Balaban J connectivity index is 1.99. The molecule has 2 heteroatoms. The number of allylic oxidation sites excluding steroid dienone is 2. The van der Waals surface area contributed by atoms with Gasteiger partial charge >= 0.3 is 0 Å². The van der Waals surface area contributed by atoms with Crippen molar-refractivity contribution in [3.05, 3.63) is 47.0 Å². The monoisotopic (exact) mass is 223 g/mol. The predicted octanol–water partition coefficient (Wildman–Crippen LogP) is 2.52. The van der Waals surface area contributed by atoms with Crippen LogP contribution in [0, 0.1) is 0 Å². The smallest absolute Gasteiger partial charge is 0.116 e. The third kappa shape index (κ3) is 0.702. The van der Waals surface area contributed by atoms with Crippen molar-refractivity contribution in [3.8, 4) is 0 Å². The fourth-order valence-corrected chi connectivity index (χ4v) is 3.64. The molecule has 2 atom stereocenters. The maximum Gasteiger partial charge on any atom is 0.116 e. The minimum absolute atomic E-state index is 0.143. The van der Waals surface area contributed by atoms with E-state index in [4.69, 9.17) is 4.74 Å². The minimum Gasteiger partial charge on any atom is -0.358 e. The zero-order chi connectivity index (χ0) is 11.1. The average Bonchev–Trinajstić information content (AvgIpc) is 2.80. The second-order valence-corrected chi connectivity index (χ2v) is 5.68. The third-order valence-corrected chi connectivity index (χ3v) is 5.04. The van der Waals surface area contributed by atoms with E-state index in [0.717, 1.165) is 0 Å². The first kappa shape index (κ1) is 8.96. The second-order valence-electron chi connectivity index (χ2n) is 4.98. The Bertz CT molecular complexity index is 599. The molecule has 0 spiro atoms. The average molecular weight is 223 g/mol. The van der Waals surface area contributed by atoms with Crippen molar-refractivity contribution in [3.63, 3.8) is 0 Å². The highest BCUT2D eigenvalue weighted by Crippen LogP contribution is 2.65. The van der Waals surface area contributed by atoms with Crippen LogP contribution in [0.1, 0.15) is 25.0 Å². The molecular weight excluding hydrogens is 212 g/mol. The lowest BCUT2D eigenvalue weighted by Crippen LogP contribution is -2.33. The lowest BCUT2D eigenvalue weighted by atomic mass is 9.71. The molecule has 0 N–H and O–H groups in total. The molecule has 1 aromatic rings. The zero-order valence-corrected chi connectivity index (χ0v) is 10.3. The molecule has 0 amide bonds. The molecule has 2 aliphatic carbocycles. The molecule has 1 aliphatic heterocycles. The number of ether oxygens (including phenoxy) is 1. The summed E-state index contributed by atoms with van der Waals surface area (Å²) in [6.45, 7) is 4.29. The van der Waals surface area contributed by atoms with Gasteiger partial charge in [0.25, 0.3) is 0 Å². The van der Waals surface area contributed by atoms with Crippen molar-refractivity contribution in [2.24, 2.45) is 0 Å². The molecule has 1 nitrogen and oxygen atoms in total. The van der Waals surface area contributed by atoms with Gasteiger partial charge in [-0.15, -0.1) is 0 Å². The molecule has 0 bridgehead atoms. The number of hydrogen-bond acceptors (Lipinski definition) is 1. The van der Waals surface area contributed by atoms with Crippen LogP contribution in [-0.2, 0) is 4.74 Å². The summed E-state index contributed by atoms with van der Waals surface area (Å²) in [6.07, 6.45) is 2.27. The lowest BCUT2D eigenvalue weighted by molar-refractivity contribution is 0.340. The molecule has 2 unspecified atom stereocenters. The zero-order valence-electron chi connectivity index (χ0n) is 9.29. The maximum absolute atomic E-state index is 5.94. The first-order valence-corrected chi connectivity index (χ1v) is 6.06. The first-order valence-electron chi connectivity index (χ1n) is 5.56. The van der Waals surface area contributed by atoms with Crippen molar-refractivity contribution >= 4 is 21.4 Å². The van der Waals surface area contributed by atoms with E-state index in [9.17, 15) is 0 Å². The summed E-state index contributed by atoms with van der Waals surface area (Å²) in [6, 6.07) is 8.53. The van der Waals surface area contributed by atoms with Crippen LogP contribution >= 0.6 is 0 Å². The van der Waals surface area contributed by atoms with Crippen molar-refractivity contribution in [2.75, 3.05) is 0 Å². The molecule has 1 aromatic carbocycles. The highest BCUT2D eigenvalue weighted by molar-refractivity contribution is 6.32. The molecule has 1 heterocycles. The van der Waals surface area contributed by atoms with Gasteiger partial charge in [0.05, 0.1) is 10.2 Å². The Kier molecular flexibility index (Phi) is 1.27. The predicted molar refractivity (Wildman–Crippen MR) is 65.0 cm³/mol. The SMILES string of the molecule is CC1=CC2=C(c3ccccc32)C2([Si])OC12C. The number of fused-ring (bicyclic) bond motifs is 5. The number of hydrogen-bond donors (Lipinski definition) is 0. The summed E-state index contributed by atoms with van der Waals surface area (Å²) < 4.78 is 5.94. The first-order chi connectivity index (χ1) is 7.58. The van der Waals surface area contributed by atoms with E-state index in [2.05, 4.69) is 54.4 Å². The van der Waals surface area contributed by atoms with Crippen LogP contribution in [0.4, 0.5) is 0 Å². The number of epoxide rings is 1. The Morgan fingerprint density at radius 2 is 1.88 bits per heavy atom. The van der Waals surface area contributed by atoms with E-state index in [-0.39, 0.29) is 10.8 Å². The van der Waals surface area contributed by atoms with E-state index in [0.29, 0.717) is 0 Å². The van der Waals surface area contributed by atoms with Gasteiger partial charge in [0.1, 0.15) is 10.8 Å². The highest BCUT2D eigenvalue weighted by atomic mass is 28.1.